The van der Waals surface area contributed by atoms with Gasteiger partial charge in [0.15, 0.2) is 5.82 Å². The maximum atomic E-state index is 16.4. The predicted octanol–water partition coefficient (Wildman–Crippen LogP) is 3.24. The molecule has 0 unspecified atom stereocenters. The van der Waals surface area contributed by atoms with E-state index in [1.165, 1.54) is 0 Å². The van der Waals surface area contributed by atoms with Crippen molar-refractivity contribution in [3.8, 4) is 16.9 Å². The van der Waals surface area contributed by atoms with E-state index < -0.39 is 5.82 Å². The largest absolute Gasteiger partial charge is 0.496 e. The molecule has 0 atom stereocenters. The van der Waals surface area contributed by atoms with E-state index in [1.54, 1.807) is 46.1 Å². The summed E-state index contributed by atoms with van der Waals surface area (Å²) in [6.07, 6.45) is 6.28. The van der Waals surface area contributed by atoms with Gasteiger partial charge in [0.05, 0.1) is 25.4 Å². The summed E-state index contributed by atoms with van der Waals surface area (Å²) in [6.45, 7) is 2.20. The Morgan fingerprint density at radius 3 is 2.74 bits per heavy atom. The standard InChI is InChI=1S/C31H32FN7O4/c1-43-26-7-3-2-6-21(26)23-17-22(20-5-4-12-38(19-20)28(41)9-14-39-16-11-34-36-39)29(32)30-24(23)18-25(35-30)31(42)37-13-8-27(40)33-10-15-37/h2-3,5-7,11,16-18,35H,4,8-10,12-15,19H2,1H3,(H,33,40). The van der Waals surface area contributed by atoms with Crippen LogP contribution in [0.3, 0.4) is 0 Å². The summed E-state index contributed by atoms with van der Waals surface area (Å²) < 4.78 is 23.7. The summed E-state index contributed by atoms with van der Waals surface area (Å²) in [6, 6.07) is 10.9. The number of aromatic nitrogens is 4. The van der Waals surface area contributed by atoms with Crippen molar-refractivity contribution in [3.05, 3.63) is 71.9 Å². The minimum absolute atomic E-state index is 0.0503. The highest BCUT2D eigenvalue weighted by Gasteiger charge is 2.27. The van der Waals surface area contributed by atoms with E-state index in [4.69, 9.17) is 4.74 Å². The fraction of sp³-hybridized carbons (Fsp3) is 0.323. The normalized spacial score (nSPS) is 15.7. The molecule has 0 saturated carbocycles. The Hall–Kier alpha value is -5.00. The second-order valence-electron chi connectivity index (χ2n) is 10.6. The number of hydrogen-bond acceptors (Lipinski definition) is 6. The Balaban J connectivity index is 1.38. The first-order valence-corrected chi connectivity index (χ1v) is 14.3. The number of H-pyrrole nitrogens is 1. The van der Waals surface area contributed by atoms with Crippen molar-refractivity contribution in [3.63, 3.8) is 0 Å². The predicted molar refractivity (Wildman–Crippen MR) is 158 cm³/mol. The molecule has 43 heavy (non-hydrogen) atoms. The van der Waals surface area contributed by atoms with Crippen LogP contribution in [0, 0.1) is 5.82 Å². The van der Waals surface area contributed by atoms with Crippen LogP contribution in [0.25, 0.3) is 27.6 Å². The first-order valence-electron chi connectivity index (χ1n) is 14.3. The highest BCUT2D eigenvalue weighted by Crippen LogP contribution is 2.40. The highest BCUT2D eigenvalue weighted by molar-refractivity contribution is 6.05. The molecule has 0 spiro atoms. The molecular weight excluding hydrogens is 553 g/mol. The van der Waals surface area contributed by atoms with E-state index in [-0.39, 0.29) is 54.9 Å². The molecule has 2 N–H and O–H groups in total. The molecule has 2 aromatic carbocycles. The molecule has 12 heteroatoms. The maximum Gasteiger partial charge on any atom is 0.270 e. The first kappa shape index (κ1) is 28.1. The zero-order valence-electron chi connectivity index (χ0n) is 23.8. The quantitative estimate of drug-likeness (QED) is 0.343. The van der Waals surface area contributed by atoms with Crippen molar-refractivity contribution in [2.75, 3.05) is 39.8 Å². The van der Waals surface area contributed by atoms with Crippen molar-refractivity contribution in [2.45, 2.75) is 25.8 Å². The van der Waals surface area contributed by atoms with Gasteiger partial charge in [-0.25, -0.2) is 4.39 Å². The summed E-state index contributed by atoms with van der Waals surface area (Å²) in [5.41, 5.74) is 2.92. The van der Waals surface area contributed by atoms with Gasteiger partial charge in [-0.05, 0) is 35.8 Å². The van der Waals surface area contributed by atoms with Gasteiger partial charge in [-0.3, -0.25) is 19.1 Å². The molecule has 4 aromatic rings. The Morgan fingerprint density at radius 1 is 1.07 bits per heavy atom. The summed E-state index contributed by atoms with van der Waals surface area (Å²) in [5, 5.41) is 11.0. The number of aryl methyl sites for hydroxylation is 1. The van der Waals surface area contributed by atoms with Crippen LogP contribution >= 0.6 is 0 Å². The monoisotopic (exact) mass is 585 g/mol. The zero-order valence-corrected chi connectivity index (χ0v) is 23.8. The number of amides is 3. The molecule has 4 heterocycles. The van der Waals surface area contributed by atoms with Crippen LogP contribution in [-0.4, -0.2) is 87.3 Å². The Labute approximate surface area is 247 Å². The number of carbonyl (C=O) groups is 3. The second kappa shape index (κ2) is 12.1. The molecule has 2 aliphatic heterocycles. The minimum Gasteiger partial charge on any atom is -0.496 e. The lowest BCUT2D eigenvalue weighted by Crippen LogP contribution is -2.36. The average Bonchev–Trinajstić information content (AvgIpc) is 3.68. The summed E-state index contributed by atoms with van der Waals surface area (Å²) in [7, 11) is 1.58. The van der Waals surface area contributed by atoms with Crippen LogP contribution < -0.4 is 10.1 Å². The molecule has 2 aromatic heterocycles. The van der Waals surface area contributed by atoms with E-state index in [9.17, 15) is 14.4 Å². The third-order valence-electron chi connectivity index (χ3n) is 7.96. The molecule has 6 rings (SSSR count). The van der Waals surface area contributed by atoms with Crippen LogP contribution in [0.15, 0.2) is 54.9 Å². The summed E-state index contributed by atoms with van der Waals surface area (Å²) in [4.78, 5) is 44.8. The molecule has 3 amide bonds. The van der Waals surface area contributed by atoms with E-state index in [1.807, 2.05) is 30.3 Å². The Kier molecular flexibility index (Phi) is 7.91. The van der Waals surface area contributed by atoms with Gasteiger partial charge in [-0.1, -0.05) is 29.5 Å². The molecule has 2 aliphatic rings. The average molecular weight is 586 g/mol. The Morgan fingerprint density at radius 2 is 1.93 bits per heavy atom. The molecule has 1 fully saturated rings. The zero-order chi connectivity index (χ0) is 29.9. The SMILES string of the molecule is COc1ccccc1-c1cc(C2=CCCN(C(=O)CCn3ccnn3)C2)c(F)c2[nH]c(C(=O)N3CCNC(=O)CC3)cc12. The van der Waals surface area contributed by atoms with Crippen molar-refractivity contribution in [2.24, 2.45) is 0 Å². The van der Waals surface area contributed by atoms with Gasteiger partial charge in [-0.15, -0.1) is 5.10 Å². The van der Waals surface area contributed by atoms with Crippen LogP contribution in [0.5, 0.6) is 5.75 Å². The van der Waals surface area contributed by atoms with Gasteiger partial charge in [0.2, 0.25) is 11.8 Å². The first-order chi connectivity index (χ1) is 20.9. The van der Waals surface area contributed by atoms with E-state index in [0.717, 1.165) is 5.56 Å². The van der Waals surface area contributed by atoms with E-state index in [2.05, 4.69) is 20.6 Å². The van der Waals surface area contributed by atoms with Gasteiger partial charge < -0.3 is 24.8 Å². The van der Waals surface area contributed by atoms with Crippen LogP contribution in [0.1, 0.15) is 35.3 Å². The topological polar surface area (TPSA) is 125 Å². The van der Waals surface area contributed by atoms with Gasteiger partial charge in [0.25, 0.3) is 5.91 Å². The van der Waals surface area contributed by atoms with Crippen LogP contribution in [0.2, 0.25) is 0 Å². The van der Waals surface area contributed by atoms with Gasteiger partial charge in [0.1, 0.15) is 11.4 Å². The Bertz CT molecular complexity index is 1710. The number of para-hydroxylation sites is 1. The number of methoxy groups -OCH3 is 1. The summed E-state index contributed by atoms with van der Waals surface area (Å²) >= 11 is 0. The molecular formula is C31H32FN7O4. The fourth-order valence-corrected chi connectivity index (χ4v) is 5.71. The molecule has 0 aliphatic carbocycles. The second-order valence-corrected chi connectivity index (χ2v) is 10.6. The number of halogens is 1. The number of carbonyl (C=O) groups excluding carboxylic acids is 3. The number of aromatic amines is 1. The molecule has 11 nitrogen and oxygen atoms in total. The van der Waals surface area contributed by atoms with Crippen molar-refractivity contribution in [1.82, 2.24) is 35.1 Å². The summed E-state index contributed by atoms with van der Waals surface area (Å²) in [5.74, 6) is -0.349. The molecule has 1 saturated heterocycles. The maximum absolute atomic E-state index is 16.4. The van der Waals surface area contributed by atoms with Gasteiger partial charge >= 0.3 is 0 Å². The van der Waals surface area contributed by atoms with E-state index >= 15 is 4.39 Å². The van der Waals surface area contributed by atoms with Crippen molar-refractivity contribution >= 4 is 34.2 Å². The number of ether oxygens (including phenoxy) is 1. The molecule has 0 bridgehead atoms. The van der Waals surface area contributed by atoms with E-state index in [0.29, 0.717) is 60.4 Å². The number of nitrogens with zero attached hydrogens (tertiary/aromatic N) is 5. The fourth-order valence-electron chi connectivity index (χ4n) is 5.71. The number of hydrogen-bond donors (Lipinski definition) is 2. The smallest absolute Gasteiger partial charge is 0.270 e. The van der Waals surface area contributed by atoms with Crippen LogP contribution in [0.4, 0.5) is 4.39 Å². The minimum atomic E-state index is -0.497. The van der Waals surface area contributed by atoms with Gasteiger partial charge in [-0.2, -0.15) is 0 Å². The molecule has 0 radical (unpaired) electrons. The highest BCUT2D eigenvalue weighted by atomic mass is 19.1. The number of rotatable bonds is 7. The lowest BCUT2D eigenvalue weighted by Gasteiger charge is -2.28. The third kappa shape index (κ3) is 5.72. The van der Waals surface area contributed by atoms with Crippen LogP contribution in [-0.2, 0) is 16.1 Å². The third-order valence-corrected chi connectivity index (χ3v) is 7.96. The number of nitrogens with one attached hydrogen (secondary N) is 2. The number of fused-ring (bicyclic) bond motifs is 1. The lowest BCUT2D eigenvalue weighted by atomic mass is 9.93. The van der Waals surface area contributed by atoms with Gasteiger partial charge in [0, 0.05) is 68.3 Å². The lowest BCUT2D eigenvalue weighted by molar-refractivity contribution is -0.131. The van der Waals surface area contributed by atoms with Crippen molar-refractivity contribution in [1.29, 1.82) is 0 Å². The van der Waals surface area contributed by atoms with Crippen molar-refractivity contribution < 1.29 is 23.5 Å². The molecule has 222 valence electrons. The number of benzene rings is 2.